The van der Waals surface area contributed by atoms with Gasteiger partial charge < -0.3 is 15.0 Å². The van der Waals surface area contributed by atoms with Crippen molar-refractivity contribution in [3.8, 4) is 0 Å². The summed E-state index contributed by atoms with van der Waals surface area (Å²) in [6, 6.07) is 7.14. The van der Waals surface area contributed by atoms with Gasteiger partial charge in [-0.1, -0.05) is 0 Å². The Hall–Kier alpha value is -2.30. The molecule has 2 rings (SSSR count). The van der Waals surface area contributed by atoms with Gasteiger partial charge in [-0.3, -0.25) is 0 Å². The molecule has 0 atom stereocenters. The van der Waals surface area contributed by atoms with E-state index in [1.54, 1.807) is 18.3 Å². The zero-order chi connectivity index (χ0) is 13.0. The lowest BCUT2D eigenvalue weighted by molar-refractivity contribution is 0.0601. The van der Waals surface area contributed by atoms with Crippen LogP contribution in [0.1, 0.15) is 21.9 Å². The average Bonchev–Trinajstić information content (AvgIpc) is 2.82. The van der Waals surface area contributed by atoms with Crippen molar-refractivity contribution in [3.63, 3.8) is 0 Å². The van der Waals surface area contributed by atoms with Gasteiger partial charge in [0, 0.05) is 5.69 Å². The largest absolute Gasteiger partial charge is 0.465 e. The highest BCUT2D eigenvalue weighted by Gasteiger charge is 2.04. The lowest BCUT2D eigenvalue weighted by Gasteiger charge is -2.05. The first-order valence-electron chi connectivity index (χ1n) is 5.62. The number of carbonyl (C=O) groups is 1. The Morgan fingerprint density at radius 3 is 2.67 bits per heavy atom. The van der Waals surface area contributed by atoms with E-state index in [9.17, 15) is 4.79 Å². The molecule has 5 nitrogen and oxygen atoms in total. The number of aryl methyl sites for hydroxylation is 1. The molecule has 0 spiro atoms. The maximum atomic E-state index is 11.3. The van der Waals surface area contributed by atoms with Crippen molar-refractivity contribution in [1.29, 1.82) is 0 Å². The Balaban J connectivity index is 1.96. The molecule has 0 unspecified atom stereocenters. The molecule has 0 aliphatic heterocycles. The van der Waals surface area contributed by atoms with Crippen molar-refractivity contribution in [2.45, 2.75) is 13.5 Å². The van der Waals surface area contributed by atoms with E-state index in [2.05, 4.69) is 20.0 Å². The van der Waals surface area contributed by atoms with Crippen LogP contribution in [0, 0.1) is 6.92 Å². The maximum absolute atomic E-state index is 11.3. The summed E-state index contributed by atoms with van der Waals surface area (Å²) in [5.74, 6) is 0.568. The first-order valence-corrected chi connectivity index (χ1v) is 5.62. The van der Waals surface area contributed by atoms with E-state index in [0.29, 0.717) is 12.1 Å². The molecule has 2 aromatic rings. The van der Waals surface area contributed by atoms with Gasteiger partial charge in [-0.05, 0) is 31.2 Å². The van der Waals surface area contributed by atoms with E-state index in [1.807, 2.05) is 19.1 Å². The summed E-state index contributed by atoms with van der Waals surface area (Å²) in [6.07, 6.45) is 1.80. The van der Waals surface area contributed by atoms with Crippen LogP contribution in [-0.4, -0.2) is 23.0 Å². The van der Waals surface area contributed by atoms with Crippen LogP contribution >= 0.6 is 0 Å². The van der Waals surface area contributed by atoms with Crippen LogP contribution in [0.25, 0.3) is 0 Å². The lowest BCUT2D eigenvalue weighted by atomic mass is 10.2. The molecule has 0 aliphatic rings. The number of hydrogen-bond donors (Lipinski definition) is 2. The molecule has 1 heterocycles. The Kier molecular flexibility index (Phi) is 3.62. The lowest BCUT2D eigenvalue weighted by Crippen LogP contribution is -2.02. The Labute approximate surface area is 105 Å². The number of H-pyrrole nitrogens is 1. The molecule has 5 heteroatoms. The molecule has 0 saturated heterocycles. The molecule has 1 aromatic heterocycles. The molecule has 94 valence electrons. The fraction of sp³-hybridized carbons (Fsp3) is 0.231. The number of esters is 1. The minimum Gasteiger partial charge on any atom is -0.465 e. The number of benzene rings is 1. The molecule has 0 bridgehead atoms. The standard InChI is InChI=1S/C13H15N3O2/c1-9-14-7-12(16-9)8-15-11-5-3-10(4-6-11)13(17)18-2/h3-7,15H,8H2,1-2H3,(H,14,16). The third-order valence-electron chi connectivity index (χ3n) is 2.54. The summed E-state index contributed by atoms with van der Waals surface area (Å²) in [5, 5.41) is 3.24. The van der Waals surface area contributed by atoms with E-state index in [1.165, 1.54) is 7.11 Å². The number of methoxy groups -OCH3 is 1. The van der Waals surface area contributed by atoms with Gasteiger partial charge in [-0.2, -0.15) is 0 Å². The maximum Gasteiger partial charge on any atom is 0.337 e. The number of nitrogens with zero attached hydrogens (tertiary/aromatic N) is 1. The first-order chi connectivity index (χ1) is 8.69. The Morgan fingerprint density at radius 1 is 1.39 bits per heavy atom. The summed E-state index contributed by atoms with van der Waals surface area (Å²) in [4.78, 5) is 18.5. The van der Waals surface area contributed by atoms with Gasteiger partial charge in [-0.25, -0.2) is 9.78 Å². The van der Waals surface area contributed by atoms with Gasteiger partial charge in [0.15, 0.2) is 0 Å². The molecule has 0 fully saturated rings. The van der Waals surface area contributed by atoms with Crippen molar-refractivity contribution < 1.29 is 9.53 Å². The van der Waals surface area contributed by atoms with Gasteiger partial charge in [0.25, 0.3) is 0 Å². The molecule has 0 amide bonds. The number of aromatic amines is 1. The summed E-state index contributed by atoms with van der Waals surface area (Å²) in [6.45, 7) is 2.58. The molecule has 0 aliphatic carbocycles. The SMILES string of the molecule is COC(=O)c1ccc(NCc2cnc(C)[nH]2)cc1. The van der Waals surface area contributed by atoms with Crippen molar-refractivity contribution in [2.75, 3.05) is 12.4 Å². The number of aromatic nitrogens is 2. The van der Waals surface area contributed by atoms with Gasteiger partial charge in [-0.15, -0.1) is 0 Å². The van der Waals surface area contributed by atoms with Crippen molar-refractivity contribution in [2.24, 2.45) is 0 Å². The van der Waals surface area contributed by atoms with Crippen molar-refractivity contribution >= 4 is 11.7 Å². The second-order valence-electron chi connectivity index (χ2n) is 3.92. The number of hydrogen-bond acceptors (Lipinski definition) is 4. The van der Waals surface area contributed by atoms with Crippen LogP contribution in [0.3, 0.4) is 0 Å². The van der Waals surface area contributed by atoms with Crippen LogP contribution in [0.5, 0.6) is 0 Å². The second-order valence-corrected chi connectivity index (χ2v) is 3.92. The fourth-order valence-electron chi connectivity index (χ4n) is 1.60. The Bertz CT molecular complexity index is 531. The molecular formula is C13H15N3O2. The fourth-order valence-corrected chi connectivity index (χ4v) is 1.60. The minimum atomic E-state index is -0.328. The first kappa shape index (κ1) is 12.2. The second kappa shape index (κ2) is 5.35. The van der Waals surface area contributed by atoms with Gasteiger partial charge in [0.1, 0.15) is 5.82 Å². The Morgan fingerprint density at radius 2 is 2.11 bits per heavy atom. The number of nitrogens with one attached hydrogen (secondary N) is 2. The summed E-state index contributed by atoms with van der Waals surface area (Å²) in [7, 11) is 1.37. The van der Waals surface area contributed by atoms with Gasteiger partial charge in [0.2, 0.25) is 0 Å². The van der Waals surface area contributed by atoms with Crippen molar-refractivity contribution in [1.82, 2.24) is 9.97 Å². The topological polar surface area (TPSA) is 67.0 Å². The van der Waals surface area contributed by atoms with E-state index < -0.39 is 0 Å². The van der Waals surface area contributed by atoms with Crippen LogP contribution in [-0.2, 0) is 11.3 Å². The normalized spacial score (nSPS) is 10.1. The van der Waals surface area contributed by atoms with Gasteiger partial charge >= 0.3 is 5.97 Å². The molecular weight excluding hydrogens is 230 g/mol. The summed E-state index contributed by atoms with van der Waals surface area (Å²) >= 11 is 0. The van der Waals surface area contributed by atoms with Gasteiger partial charge in [0.05, 0.1) is 31.1 Å². The average molecular weight is 245 g/mol. The highest BCUT2D eigenvalue weighted by molar-refractivity contribution is 5.89. The van der Waals surface area contributed by atoms with E-state index in [4.69, 9.17) is 0 Å². The smallest absolute Gasteiger partial charge is 0.337 e. The number of rotatable bonds is 4. The summed E-state index contributed by atoms with van der Waals surface area (Å²) < 4.78 is 4.64. The third-order valence-corrected chi connectivity index (χ3v) is 2.54. The number of ether oxygens (including phenoxy) is 1. The molecule has 0 radical (unpaired) electrons. The monoisotopic (exact) mass is 245 g/mol. The molecule has 2 N–H and O–H groups in total. The zero-order valence-electron chi connectivity index (χ0n) is 10.4. The molecule has 18 heavy (non-hydrogen) atoms. The highest BCUT2D eigenvalue weighted by Crippen LogP contribution is 2.11. The van der Waals surface area contributed by atoms with Crippen LogP contribution in [0.2, 0.25) is 0 Å². The minimum absolute atomic E-state index is 0.328. The van der Waals surface area contributed by atoms with Crippen LogP contribution in [0.4, 0.5) is 5.69 Å². The molecule has 1 aromatic carbocycles. The van der Waals surface area contributed by atoms with Crippen LogP contribution < -0.4 is 5.32 Å². The van der Waals surface area contributed by atoms with E-state index >= 15 is 0 Å². The van der Waals surface area contributed by atoms with Crippen LogP contribution in [0.15, 0.2) is 30.5 Å². The number of imidazole rings is 1. The number of anilines is 1. The predicted molar refractivity (Wildman–Crippen MR) is 68.4 cm³/mol. The zero-order valence-corrected chi connectivity index (χ0v) is 10.4. The third kappa shape index (κ3) is 2.88. The van der Waals surface area contributed by atoms with E-state index in [-0.39, 0.29) is 5.97 Å². The quantitative estimate of drug-likeness (QED) is 0.810. The number of carbonyl (C=O) groups excluding carboxylic acids is 1. The highest BCUT2D eigenvalue weighted by atomic mass is 16.5. The predicted octanol–water partition coefficient (Wildman–Crippen LogP) is 2.12. The summed E-state index contributed by atoms with van der Waals surface area (Å²) in [5.41, 5.74) is 2.50. The van der Waals surface area contributed by atoms with Crippen molar-refractivity contribution in [3.05, 3.63) is 47.5 Å². The van der Waals surface area contributed by atoms with E-state index in [0.717, 1.165) is 17.2 Å². The molecule has 0 saturated carbocycles.